The van der Waals surface area contributed by atoms with Gasteiger partial charge in [0.25, 0.3) is 0 Å². The van der Waals surface area contributed by atoms with Crippen molar-refractivity contribution in [3.05, 3.63) is 57.7 Å². The minimum atomic E-state index is -1.12. The van der Waals surface area contributed by atoms with Gasteiger partial charge in [0.05, 0.1) is 13.2 Å². The van der Waals surface area contributed by atoms with Crippen molar-refractivity contribution in [2.75, 3.05) is 7.11 Å². The Morgan fingerprint density at radius 2 is 2.25 bits per heavy atom. The van der Waals surface area contributed by atoms with Crippen LogP contribution in [0.25, 0.3) is 0 Å². The number of ether oxygens (including phenoxy) is 1. The van der Waals surface area contributed by atoms with Crippen LogP contribution in [0, 0.1) is 0 Å². The highest BCUT2D eigenvalue weighted by Crippen LogP contribution is 2.33. The van der Waals surface area contributed by atoms with Crippen molar-refractivity contribution in [3.63, 3.8) is 0 Å². The molecule has 2 amide bonds. The molecule has 1 aromatic heterocycles. The predicted octanol–water partition coefficient (Wildman–Crippen LogP) is 3.29. The van der Waals surface area contributed by atoms with Crippen molar-refractivity contribution in [2.45, 2.75) is 25.2 Å². The molecule has 3 rings (SSSR count). The van der Waals surface area contributed by atoms with Crippen LogP contribution in [-0.2, 0) is 13.0 Å². The molecule has 0 unspecified atom stereocenters. The number of alkyl halides is 1. The number of amides is 2. The molecule has 1 aliphatic carbocycles. The van der Waals surface area contributed by atoms with Gasteiger partial charge in [0, 0.05) is 29.2 Å². The first-order chi connectivity index (χ1) is 11.6. The maximum atomic E-state index is 14.2. The minimum absolute atomic E-state index is 0.229. The summed E-state index contributed by atoms with van der Waals surface area (Å²) >= 11 is 3.33. The second-order valence-corrected chi connectivity index (χ2v) is 6.46. The molecule has 1 aliphatic rings. The molecule has 1 aromatic carbocycles. The van der Waals surface area contributed by atoms with Gasteiger partial charge >= 0.3 is 6.03 Å². The fourth-order valence-electron chi connectivity index (χ4n) is 2.86. The summed E-state index contributed by atoms with van der Waals surface area (Å²) < 4.78 is 20.1. The van der Waals surface area contributed by atoms with Gasteiger partial charge < -0.3 is 15.4 Å². The van der Waals surface area contributed by atoms with E-state index in [1.54, 1.807) is 6.20 Å². The van der Waals surface area contributed by atoms with Crippen LogP contribution >= 0.6 is 15.9 Å². The van der Waals surface area contributed by atoms with Crippen molar-refractivity contribution in [1.82, 2.24) is 15.6 Å². The lowest BCUT2D eigenvalue weighted by Gasteiger charge is -2.17. The molecule has 0 saturated carbocycles. The fourth-order valence-corrected chi connectivity index (χ4v) is 3.24. The Kier molecular flexibility index (Phi) is 4.99. The molecule has 5 nitrogen and oxygen atoms in total. The van der Waals surface area contributed by atoms with E-state index in [2.05, 4.69) is 31.5 Å². The van der Waals surface area contributed by atoms with Gasteiger partial charge in [-0.3, -0.25) is 0 Å². The topological polar surface area (TPSA) is 63.2 Å². The highest BCUT2D eigenvalue weighted by Gasteiger charge is 2.33. The zero-order valence-corrected chi connectivity index (χ0v) is 14.6. The summed E-state index contributed by atoms with van der Waals surface area (Å²) in [6.45, 7) is 0.229. The maximum Gasteiger partial charge on any atom is 0.315 e. The predicted molar refractivity (Wildman–Crippen MR) is 91.6 cm³/mol. The van der Waals surface area contributed by atoms with Crippen LogP contribution in [0.2, 0.25) is 0 Å². The van der Waals surface area contributed by atoms with Crippen LogP contribution in [-0.4, -0.2) is 24.3 Å². The average molecular weight is 394 g/mol. The molecule has 0 fully saturated rings. The van der Waals surface area contributed by atoms with Gasteiger partial charge in [-0.05, 0) is 33.1 Å². The molecule has 2 atom stereocenters. The van der Waals surface area contributed by atoms with Crippen molar-refractivity contribution in [3.8, 4) is 5.88 Å². The normalized spacial score (nSPS) is 18.8. The molecule has 1 heterocycles. The first kappa shape index (κ1) is 16.7. The van der Waals surface area contributed by atoms with Crippen LogP contribution in [0.15, 0.2) is 41.0 Å². The number of fused-ring (bicyclic) bond motifs is 1. The van der Waals surface area contributed by atoms with E-state index in [1.807, 2.05) is 30.3 Å². The molecule has 0 bridgehead atoms. The number of aromatic nitrogens is 1. The van der Waals surface area contributed by atoms with E-state index in [9.17, 15) is 9.18 Å². The van der Waals surface area contributed by atoms with Crippen molar-refractivity contribution in [1.29, 1.82) is 0 Å². The Bertz CT molecular complexity index is 756. The third-order valence-electron chi connectivity index (χ3n) is 3.98. The standard InChI is InChI=1S/C17H17BrFN3O2/c1-24-16-11(6-12(18)9-20-16)8-21-17(23)22-15-13-5-3-2-4-10(13)7-14(15)19/h2-6,9,14-15H,7-8H2,1H3,(H2,21,22,23)/t14-,15+/m1/s1. The van der Waals surface area contributed by atoms with Crippen molar-refractivity contribution in [2.24, 2.45) is 0 Å². The number of benzene rings is 1. The quantitative estimate of drug-likeness (QED) is 0.837. The van der Waals surface area contributed by atoms with Crippen LogP contribution in [0.5, 0.6) is 5.88 Å². The second kappa shape index (κ2) is 7.17. The number of pyridine rings is 1. The van der Waals surface area contributed by atoms with Gasteiger partial charge in [-0.1, -0.05) is 24.3 Å². The zero-order chi connectivity index (χ0) is 17.1. The average Bonchev–Trinajstić information content (AvgIpc) is 2.89. The van der Waals surface area contributed by atoms with Gasteiger partial charge in [0.2, 0.25) is 5.88 Å². The first-order valence-electron chi connectivity index (χ1n) is 7.53. The number of carbonyl (C=O) groups is 1. The number of hydrogen-bond acceptors (Lipinski definition) is 3. The Hall–Kier alpha value is -2.15. The van der Waals surface area contributed by atoms with Crippen LogP contribution in [0.1, 0.15) is 22.7 Å². The van der Waals surface area contributed by atoms with Gasteiger partial charge in [0.1, 0.15) is 6.17 Å². The lowest BCUT2D eigenvalue weighted by molar-refractivity contribution is 0.221. The van der Waals surface area contributed by atoms with Crippen LogP contribution < -0.4 is 15.4 Å². The number of rotatable bonds is 4. The molecule has 0 radical (unpaired) electrons. The Labute approximate surface area is 147 Å². The molecular formula is C17H17BrFN3O2. The third kappa shape index (κ3) is 3.51. The fraction of sp³-hybridized carbons (Fsp3) is 0.294. The molecule has 0 saturated heterocycles. The maximum absolute atomic E-state index is 14.2. The molecule has 24 heavy (non-hydrogen) atoms. The number of halogens is 2. The largest absolute Gasteiger partial charge is 0.481 e. The number of methoxy groups -OCH3 is 1. The molecule has 126 valence electrons. The summed E-state index contributed by atoms with van der Waals surface area (Å²) in [6, 6.07) is 8.22. The summed E-state index contributed by atoms with van der Waals surface area (Å²) in [5, 5.41) is 5.43. The van der Waals surface area contributed by atoms with E-state index in [1.165, 1.54) is 7.11 Å². The summed E-state index contributed by atoms with van der Waals surface area (Å²) in [5.41, 5.74) is 2.50. The van der Waals surface area contributed by atoms with Crippen LogP contribution in [0.3, 0.4) is 0 Å². The monoisotopic (exact) mass is 393 g/mol. The number of carbonyl (C=O) groups excluding carboxylic acids is 1. The van der Waals surface area contributed by atoms with Crippen molar-refractivity contribution >= 4 is 22.0 Å². The van der Waals surface area contributed by atoms with E-state index in [0.29, 0.717) is 12.3 Å². The third-order valence-corrected chi connectivity index (χ3v) is 4.41. The lowest BCUT2D eigenvalue weighted by Crippen LogP contribution is -2.39. The highest BCUT2D eigenvalue weighted by molar-refractivity contribution is 9.10. The minimum Gasteiger partial charge on any atom is -0.481 e. The van der Waals surface area contributed by atoms with Gasteiger partial charge in [-0.25, -0.2) is 14.2 Å². The van der Waals surface area contributed by atoms with Gasteiger partial charge in [-0.15, -0.1) is 0 Å². The van der Waals surface area contributed by atoms with E-state index < -0.39 is 18.2 Å². The summed E-state index contributed by atoms with van der Waals surface area (Å²) in [5.74, 6) is 0.438. The summed E-state index contributed by atoms with van der Waals surface area (Å²) in [6.07, 6.45) is 0.825. The van der Waals surface area contributed by atoms with E-state index in [4.69, 9.17) is 4.74 Å². The van der Waals surface area contributed by atoms with E-state index in [-0.39, 0.29) is 6.54 Å². The van der Waals surface area contributed by atoms with E-state index in [0.717, 1.165) is 21.2 Å². The number of urea groups is 1. The number of hydrogen-bond donors (Lipinski definition) is 2. The summed E-state index contributed by atoms with van der Waals surface area (Å²) in [7, 11) is 1.52. The van der Waals surface area contributed by atoms with Crippen molar-refractivity contribution < 1.29 is 13.9 Å². The molecule has 0 aliphatic heterocycles. The number of nitrogens with zero attached hydrogens (tertiary/aromatic N) is 1. The number of nitrogens with one attached hydrogen (secondary N) is 2. The van der Waals surface area contributed by atoms with Gasteiger partial charge in [-0.2, -0.15) is 0 Å². The van der Waals surface area contributed by atoms with Gasteiger partial charge in [0.15, 0.2) is 0 Å². The molecule has 7 heteroatoms. The zero-order valence-electron chi connectivity index (χ0n) is 13.1. The molecule has 2 aromatic rings. The first-order valence-corrected chi connectivity index (χ1v) is 8.32. The molecule has 0 spiro atoms. The highest BCUT2D eigenvalue weighted by atomic mass is 79.9. The SMILES string of the molecule is COc1ncc(Br)cc1CNC(=O)N[C@H]1c2ccccc2C[C@H]1F. The molecular weight excluding hydrogens is 377 g/mol. The van der Waals surface area contributed by atoms with E-state index >= 15 is 0 Å². The second-order valence-electron chi connectivity index (χ2n) is 5.55. The Balaban J connectivity index is 1.64. The van der Waals surface area contributed by atoms with Crippen LogP contribution in [0.4, 0.5) is 9.18 Å². The smallest absolute Gasteiger partial charge is 0.315 e. The Morgan fingerprint density at radius 1 is 1.46 bits per heavy atom. The summed E-state index contributed by atoms with van der Waals surface area (Å²) in [4.78, 5) is 16.3. The lowest BCUT2D eigenvalue weighted by atomic mass is 10.1. The Morgan fingerprint density at radius 3 is 3.04 bits per heavy atom. The molecule has 2 N–H and O–H groups in total.